The molecular formula is C12H15NOSi. The lowest BCUT2D eigenvalue weighted by atomic mass is 10.2. The third-order valence-corrected chi connectivity index (χ3v) is 2.97. The molecule has 78 valence electrons. The molecule has 0 saturated carbocycles. The van der Waals surface area contributed by atoms with Crippen LogP contribution >= 0.6 is 0 Å². The van der Waals surface area contributed by atoms with Crippen LogP contribution in [0.1, 0.15) is 13.8 Å². The standard InChI is InChI=1S/C12H15NOSi/c1-10(2)15-14-9-13-8-7-11-5-3-4-6-12(11)13/h3-8,10H,9H2,1-2H3. The first-order valence-corrected chi connectivity index (χ1v) is 6.17. The lowest BCUT2D eigenvalue weighted by molar-refractivity contribution is 0.251. The Bertz CT molecular complexity index is 436. The van der Waals surface area contributed by atoms with Gasteiger partial charge in [0.25, 0.3) is 0 Å². The van der Waals surface area contributed by atoms with Crippen molar-refractivity contribution in [1.82, 2.24) is 4.57 Å². The summed E-state index contributed by atoms with van der Waals surface area (Å²) in [5, 5.41) is 1.27. The molecule has 0 N–H and O–H groups in total. The van der Waals surface area contributed by atoms with Crippen LogP contribution in [0.25, 0.3) is 10.9 Å². The van der Waals surface area contributed by atoms with Gasteiger partial charge in [-0.05, 0) is 23.1 Å². The van der Waals surface area contributed by atoms with Crippen molar-refractivity contribution in [1.29, 1.82) is 0 Å². The summed E-state index contributed by atoms with van der Waals surface area (Å²) in [6.45, 7) is 5.00. The highest BCUT2D eigenvalue weighted by Gasteiger charge is 2.01. The van der Waals surface area contributed by atoms with Crippen molar-refractivity contribution in [2.45, 2.75) is 26.1 Å². The van der Waals surface area contributed by atoms with Crippen LogP contribution in [0.4, 0.5) is 0 Å². The molecule has 1 aromatic heterocycles. The van der Waals surface area contributed by atoms with Crippen molar-refractivity contribution in [3.63, 3.8) is 0 Å². The average molecular weight is 217 g/mol. The van der Waals surface area contributed by atoms with Gasteiger partial charge in [-0.2, -0.15) is 0 Å². The molecule has 0 unspecified atom stereocenters. The van der Waals surface area contributed by atoms with E-state index < -0.39 is 0 Å². The highest BCUT2D eigenvalue weighted by atomic mass is 28.2. The second-order valence-corrected chi connectivity index (χ2v) is 5.57. The molecule has 1 heterocycles. The summed E-state index contributed by atoms with van der Waals surface area (Å²) in [6.07, 6.45) is 2.08. The summed E-state index contributed by atoms with van der Waals surface area (Å²) in [6, 6.07) is 10.5. The molecule has 0 saturated heterocycles. The molecule has 0 bridgehead atoms. The van der Waals surface area contributed by atoms with E-state index in [1.165, 1.54) is 10.9 Å². The first-order valence-electron chi connectivity index (χ1n) is 5.18. The van der Waals surface area contributed by atoms with E-state index in [4.69, 9.17) is 4.43 Å². The van der Waals surface area contributed by atoms with E-state index in [0.29, 0.717) is 22.0 Å². The van der Waals surface area contributed by atoms with Gasteiger partial charge in [0.05, 0.1) is 0 Å². The molecule has 0 aliphatic heterocycles. The maximum Gasteiger partial charge on any atom is 0.235 e. The van der Waals surface area contributed by atoms with Crippen molar-refractivity contribution >= 4 is 20.7 Å². The summed E-state index contributed by atoms with van der Waals surface area (Å²) in [7, 11) is 0.577. The Hall–Kier alpha value is -1.06. The van der Waals surface area contributed by atoms with Gasteiger partial charge in [0.1, 0.15) is 6.73 Å². The quantitative estimate of drug-likeness (QED) is 0.718. The molecule has 15 heavy (non-hydrogen) atoms. The lowest BCUT2D eigenvalue weighted by Gasteiger charge is -2.07. The lowest BCUT2D eigenvalue weighted by Crippen LogP contribution is -2.07. The van der Waals surface area contributed by atoms with E-state index >= 15 is 0 Å². The van der Waals surface area contributed by atoms with Crippen molar-refractivity contribution in [2.75, 3.05) is 0 Å². The maximum atomic E-state index is 5.64. The summed E-state index contributed by atoms with van der Waals surface area (Å²) >= 11 is 0. The molecule has 2 aromatic rings. The van der Waals surface area contributed by atoms with Gasteiger partial charge in [-0.3, -0.25) is 0 Å². The van der Waals surface area contributed by atoms with Crippen LogP contribution in [0.3, 0.4) is 0 Å². The molecular weight excluding hydrogens is 202 g/mol. The molecule has 3 heteroatoms. The van der Waals surface area contributed by atoms with Gasteiger partial charge in [-0.25, -0.2) is 0 Å². The third-order valence-electron chi connectivity index (χ3n) is 2.20. The number of nitrogens with zero attached hydrogens (tertiary/aromatic N) is 1. The van der Waals surface area contributed by atoms with Crippen molar-refractivity contribution < 1.29 is 4.43 Å². The number of para-hydroxylation sites is 1. The Morgan fingerprint density at radius 2 is 2.07 bits per heavy atom. The van der Waals surface area contributed by atoms with Crippen LogP contribution in [0, 0.1) is 0 Å². The normalized spacial score (nSPS) is 11.4. The van der Waals surface area contributed by atoms with Gasteiger partial charge in [-0.1, -0.05) is 32.0 Å². The van der Waals surface area contributed by atoms with Gasteiger partial charge < -0.3 is 8.99 Å². The number of benzene rings is 1. The van der Waals surface area contributed by atoms with E-state index in [-0.39, 0.29) is 0 Å². The maximum absolute atomic E-state index is 5.64. The van der Waals surface area contributed by atoms with Gasteiger partial charge in [0.2, 0.25) is 9.76 Å². The monoisotopic (exact) mass is 217 g/mol. The minimum absolute atomic E-state index is 0.577. The third kappa shape index (κ3) is 2.49. The summed E-state index contributed by atoms with van der Waals surface area (Å²) in [5.41, 5.74) is 1.86. The minimum Gasteiger partial charge on any atom is -0.400 e. The minimum atomic E-state index is 0.577. The Kier molecular flexibility index (Phi) is 3.23. The largest absolute Gasteiger partial charge is 0.400 e. The molecule has 2 rings (SSSR count). The topological polar surface area (TPSA) is 14.2 Å². The molecule has 0 amide bonds. The Morgan fingerprint density at radius 3 is 2.87 bits per heavy atom. The predicted octanol–water partition coefficient (Wildman–Crippen LogP) is 3.06. The summed E-state index contributed by atoms with van der Waals surface area (Å²) in [4.78, 5) is 0. The molecule has 0 aliphatic rings. The molecule has 0 fully saturated rings. The van der Waals surface area contributed by atoms with E-state index in [9.17, 15) is 0 Å². The second kappa shape index (κ2) is 4.64. The zero-order valence-corrected chi connectivity index (χ0v) is 10.1. The predicted molar refractivity (Wildman–Crippen MR) is 63.9 cm³/mol. The zero-order chi connectivity index (χ0) is 10.7. The van der Waals surface area contributed by atoms with Crippen LogP contribution in [-0.4, -0.2) is 14.3 Å². The van der Waals surface area contributed by atoms with Crippen LogP contribution < -0.4 is 0 Å². The van der Waals surface area contributed by atoms with Crippen LogP contribution in [0.5, 0.6) is 0 Å². The molecule has 2 nitrogen and oxygen atoms in total. The first-order chi connectivity index (χ1) is 7.27. The van der Waals surface area contributed by atoms with Crippen LogP contribution in [-0.2, 0) is 11.2 Å². The molecule has 0 aliphatic carbocycles. The van der Waals surface area contributed by atoms with Gasteiger partial charge in [0.15, 0.2) is 0 Å². The SMILES string of the molecule is CC(C)[Si]OCn1ccc2ccccc21. The van der Waals surface area contributed by atoms with Crippen molar-refractivity contribution in [2.24, 2.45) is 0 Å². The van der Waals surface area contributed by atoms with E-state index in [1.54, 1.807) is 0 Å². The molecule has 2 radical (unpaired) electrons. The van der Waals surface area contributed by atoms with E-state index in [2.05, 4.69) is 54.9 Å². The Morgan fingerprint density at radius 1 is 1.27 bits per heavy atom. The number of fused-ring (bicyclic) bond motifs is 1. The fourth-order valence-electron chi connectivity index (χ4n) is 1.53. The van der Waals surface area contributed by atoms with Gasteiger partial charge in [0, 0.05) is 11.7 Å². The van der Waals surface area contributed by atoms with Gasteiger partial charge >= 0.3 is 0 Å². The summed E-state index contributed by atoms with van der Waals surface area (Å²) < 4.78 is 7.78. The number of aromatic nitrogens is 1. The molecule has 0 atom stereocenters. The van der Waals surface area contributed by atoms with E-state index in [1.807, 2.05) is 0 Å². The van der Waals surface area contributed by atoms with Crippen molar-refractivity contribution in [3.05, 3.63) is 36.5 Å². The van der Waals surface area contributed by atoms with Crippen molar-refractivity contribution in [3.8, 4) is 0 Å². The Balaban J connectivity index is 2.08. The smallest absolute Gasteiger partial charge is 0.235 e. The average Bonchev–Trinajstić information content (AvgIpc) is 2.62. The van der Waals surface area contributed by atoms with E-state index in [0.717, 1.165) is 0 Å². The second-order valence-electron chi connectivity index (χ2n) is 3.89. The Labute approximate surface area is 92.8 Å². The van der Waals surface area contributed by atoms with Gasteiger partial charge in [-0.15, -0.1) is 0 Å². The fraction of sp³-hybridized carbons (Fsp3) is 0.333. The fourth-order valence-corrected chi connectivity index (χ4v) is 2.07. The summed E-state index contributed by atoms with van der Waals surface area (Å²) in [5.74, 6) is 0. The highest BCUT2D eigenvalue weighted by molar-refractivity contribution is 6.28. The number of hydrogen-bond donors (Lipinski definition) is 0. The van der Waals surface area contributed by atoms with Crippen LogP contribution in [0.2, 0.25) is 5.54 Å². The van der Waals surface area contributed by atoms with Crippen LogP contribution in [0.15, 0.2) is 36.5 Å². The zero-order valence-electron chi connectivity index (χ0n) is 9.10. The molecule has 1 aromatic carbocycles. The number of rotatable bonds is 4. The first kappa shape index (κ1) is 10.5. The highest BCUT2D eigenvalue weighted by Crippen LogP contribution is 2.14. The molecule has 0 spiro atoms. The number of hydrogen-bond acceptors (Lipinski definition) is 1.